The quantitative estimate of drug-likeness (QED) is 0.382. The van der Waals surface area contributed by atoms with Crippen LogP contribution in [0.1, 0.15) is 11.1 Å². The molecule has 0 saturated heterocycles. The molecule has 0 aliphatic rings. The second-order valence-electron chi connectivity index (χ2n) is 6.69. The van der Waals surface area contributed by atoms with Crippen molar-refractivity contribution in [3.05, 3.63) is 47.5 Å². The summed E-state index contributed by atoms with van der Waals surface area (Å²) < 4.78 is 31.3. The predicted molar refractivity (Wildman–Crippen MR) is 122 cm³/mol. The van der Waals surface area contributed by atoms with Gasteiger partial charge in [0.1, 0.15) is 0 Å². The van der Waals surface area contributed by atoms with Crippen LogP contribution < -0.4 is 29.0 Å². The zero-order valence-corrected chi connectivity index (χ0v) is 19.4. The van der Waals surface area contributed by atoms with Crippen molar-refractivity contribution in [2.75, 3.05) is 48.7 Å². The smallest absolute Gasteiger partial charge is 0.331 e. The molecule has 0 radical (unpaired) electrons. The van der Waals surface area contributed by atoms with Gasteiger partial charge in [0.05, 0.1) is 35.5 Å². The fourth-order valence-corrected chi connectivity index (χ4v) is 2.98. The molecule has 2 rings (SSSR count). The second kappa shape index (κ2) is 12.8. The lowest BCUT2D eigenvalue weighted by Crippen LogP contribution is -2.30. The van der Waals surface area contributed by atoms with Gasteiger partial charge in [-0.25, -0.2) is 4.79 Å². The summed E-state index contributed by atoms with van der Waals surface area (Å²) in [6.45, 7) is -0.00247. The van der Waals surface area contributed by atoms with E-state index in [9.17, 15) is 9.59 Å². The van der Waals surface area contributed by atoms with Gasteiger partial charge in [-0.05, 0) is 47.9 Å². The molecule has 0 aliphatic heterocycles. The van der Waals surface area contributed by atoms with Crippen LogP contribution in [0.25, 0.3) is 6.08 Å². The highest BCUT2D eigenvalue weighted by Crippen LogP contribution is 2.38. The van der Waals surface area contributed by atoms with Gasteiger partial charge in [-0.1, -0.05) is 6.07 Å². The molecule has 0 atom stereocenters. The van der Waals surface area contributed by atoms with Gasteiger partial charge in [0, 0.05) is 12.6 Å². The third-order valence-corrected chi connectivity index (χ3v) is 4.63. The summed E-state index contributed by atoms with van der Waals surface area (Å²) in [5.41, 5.74) is 1.61. The Hall–Kier alpha value is -3.88. The van der Waals surface area contributed by atoms with Crippen LogP contribution in [-0.2, 0) is 20.7 Å². The van der Waals surface area contributed by atoms with E-state index < -0.39 is 11.9 Å². The molecule has 0 aromatic heterocycles. The Morgan fingerprint density at radius 2 is 1.45 bits per heavy atom. The molecular weight excluding hydrogens is 430 g/mol. The number of ether oxygens (including phenoxy) is 6. The van der Waals surface area contributed by atoms with Gasteiger partial charge in [-0.3, -0.25) is 4.79 Å². The van der Waals surface area contributed by atoms with E-state index in [1.54, 1.807) is 32.4 Å². The van der Waals surface area contributed by atoms with Crippen LogP contribution in [0.3, 0.4) is 0 Å². The summed E-state index contributed by atoms with van der Waals surface area (Å²) >= 11 is 0. The number of esters is 1. The highest BCUT2D eigenvalue weighted by Gasteiger charge is 2.12. The van der Waals surface area contributed by atoms with Crippen molar-refractivity contribution in [2.24, 2.45) is 0 Å². The summed E-state index contributed by atoms with van der Waals surface area (Å²) in [6, 6.07) is 8.91. The van der Waals surface area contributed by atoms with E-state index >= 15 is 0 Å². The van der Waals surface area contributed by atoms with Gasteiger partial charge in [0.25, 0.3) is 5.91 Å². The van der Waals surface area contributed by atoms with Gasteiger partial charge < -0.3 is 33.7 Å². The van der Waals surface area contributed by atoms with Crippen molar-refractivity contribution < 1.29 is 38.0 Å². The van der Waals surface area contributed by atoms with E-state index in [-0.39, 0.29) is 6.61 Å². The van der Waals surface area contributed by atoms with Crippen LogP contribution in [0, 0.1) is 0 Å². The molecule has 1 amide bonds. The molecule has 0 spiro atoms. The minimum atomic E-state index is -0.654. The molecule has 2 aromatic carbocycles. The number of methoxy groups -OCH3 is 5. The van der Waals surface area contributed by atoms with E-state index in [0.717, 1.165) is 5.56 Å². The van der Waals surface area contributed by atoms with Gasteiger partial charge in [-0.2, -0.15) is 0 Å². The summed E-state index contributed by atoms with van der Waals surface area (Å²) in [5.74, 6) is 1.57. The van der Waals surface area contributed by atoms with Gasteiger partial charge in [0.2, 0.25) is 5.75 Å². The van der Waals surface area contributed by atoms with Crippen molar-refractivity contribution >= 4 is 18.0 Å². The number of benzene rings is 2. The minimum absolute atomic E-state index is 0.382. The molecule has 9 heteroatoms. The molecule has 2 aromatic rings. The number of hydrogen-bond donors (Lipinski definition) is 1. The standard InChI is InChI=1S/C24H29NO8/c1-28-18-8-6-16(12-19(18)29-2)10-11-25-22(26)15-33-23(27)9-7-17-13-20(30-3)24(32-5)21(14-17)31-4/h6-9,12-14H,10-11,15H2,1-5H3,(H,25,26)/b9-7+. The third kappa shape index (κ3) is 7.34. The zero-order valence-electron chi connectivity index (χ0n) is 19.4. The first-order valence-electron chi connectivity index (χ1n) is 10.1. The molecule has 1 N–H and O–H groups in total. The van der Waals surface area contributed by atoms with Crippen LogP contribution in [-0.4, -0.2) is 60.6 Å². The van der Waals surface area contributed by atoms with Crippen LogP contribution >= 0.6 is 0 Å². The number of amides is 1. The second-order valence-corrected chi connectivity index (χ2v) is 6.69. The first kappa shape index (κ1) is 25.4. The maximum absolute atomic E-state index is 12.0. The van der Waals surface area contributed by atoms with Gasteiger partial charge in [0.15, 0.2) is 29.6 Å². The SMILES string of the molecule is COc1ccc(CCNC(=O)COC(=O)/C=C/c2cc(OC)c(OC)c(OC)c2)cc1OC. The normalized spacial score (nSPS) is 10.5. The van der Waals surface area contributed by atoms with Crippen molar-refractivity contribution in [3.8, 4) is 28.7 Å². The highest BCUT2D eigenvalue weighted by atomic mass is 16.5. The molecule has 0 unspecified atom stereocenters. The first-order valence-corrected chi connectivity index (χ1v) is 10.1. The Labute approximate surface area is 193 Å². The molecule has 33 heavy (non-hydrogen) atoms. The van der Waals surface area contributed by atoms with E-state index in [0.29, 0.717) is 47.3 Å². The minimum Gasteiger partial charge on any atom is -0.493 e. The Bertz CT molecular complexity index is 961. The van der Waals surface area contributed by atoms with Crippen LogP contribution in [0.4, 0.5) is 0 Å². The van der Waals surface area contributed by atoms with Crippen molar-refractivity contribution in [1.29, 1.82) is 0 Å². The number of carbonyl (C=O) groups excluding carboxylic acids is 2. The summed E-state index contributed by atoms with van der Waals surface area (Å²) in [5, 5.41) is 2.71. The van der Waals surface area contributed by atoms with Crippen LogP contribution in [0.2, 0.25) is 0 Å². The van der Waals surface area contributed by atoms with Crippen LogP contribution in [0.5, 0.6) is 28.7 Å². The Kier molecular flexibility index (Phi) is 9.88. The summed E-state index contributed by atoms with van der Waals surface area (Å²) in [7, 11) is 7.64. The lowest BCUT2D eigenvalue weighted by atomic mass is 10.1. The largest absolute Gasteiger partial charge is 0.493 e. The van der Waals surface area contributed by atoms with Crippen molar-refractivity contribution in [3.63, 3.8) is 0 Å². The van der Waals surface area contributed by atoms with Crippen LogP contribution in [0.15, 0.2) is 36.4 Å². The molecule has 0 aliphatic carbocycles. The number of hydrogen-bond acceptors (Lipinski definition) is 8. The number of carbonyl (C=O) groups is 2. The highest BCUT2D eigenvalue weighted by molar-refractivity contribution is 5.89. The maximum atomic E-state index is 12.0. The van der Waals surface area contributed by atoms with Gasteiger partial charge >= 0.3 is 5.97 Å². The topological polar surface area (TPSA) is 102 Å². The molecular formula is C24H29NO8. The monoisotopic (exact) mass is 459 g/mol. The van der Waals surface area contributed by atoms with E-state index in [1.807, 2.05) is 12.1 Å². The van der Waals surface area contributed by atoms with E-state index in [2.05, 4.69) is 5.32 Å². The molecule has 0 saturated carbocycles. The predicted octanol–water partition coefficient (Wildman–Crippen LogP) is 2.64. The molecule has 0 heterocycles. The Morgan fingerprint density at radius 1 is 0.818 bits per heavy atom. The number of rotatable bonds is 12. The van der Waals surface area contributed by atoms with Gasteiger partial charge in [-0.15, -0.1) is 0 Å². The lowest BCUT2D eigenvalue weighted by Gasteiger charge is -2.12. The summed E-state index contributed by atoms with van der Waals surface area (Å²) in [4.78, 5) is 23.9. The van der Waals surface area contributed by atoms with E-state index in [4.69, 9.17) is 28.4 Å². The fourth-order valence-electron chi connectivity index (χ4n) is 2.98. The van der Waals surface area contributed by atoms with Crippen molar-refractivity contribution in [2.45, 2.75) is 6.42 Å². The fraction of sp³-hybridized carbons (Fsp3) is 0.333. The number of nitrogens with one attached hydrogen (secondary N) is 1. The summed E-state index contributed by atoms with van der Waals surface area (Å²) in [6.07, 6.45) is 3.33. The zero-order chi connectivity index (χ0) is 24.2. The Balaban J connectivity index is 1.82. The Morgan fingerprint density at radius 3 is 2.03 bits per heavy atom. The third-order valence-electron chi connectivity index (χ3n) is 4.63. The van der Waals surface area contributed by atoms with E-state index in [1.165, 1.54) is 33.5 Å². The first-order chi connectivity index (χ1) is 15.9. The van der Waals surface area contributed by atoms with Crippen molar-refractivity contribution in [1.82, 2.24) is 5.32 Å². The lowest BCUT2D eigenvalue weighted by molar-refractivity contribution is -0.143. The molecule has 178 valence electrons. The molecule has 0 bridgehead atoms. The maximum Gasteiger partial charge on any atom is 0.331 e. The molecule has 9 nitrogen and oxygen atoms in total. The average Bonchev–Trinajstić information content (AvgIpc) is 2.85. The molecule has 0 fully saturated rings. The average molecular weight is 459 g/mol.